The first-order valence-corrected chi connectivity index (χ1v) is 8.26. The normalized spacial score (nSPS) is 16.3. The van der Waals surface area contributed by atoms with Gasteiger partial charge in [-0.1, -0.05) is 0 Å². The number of benzene rings is 1. The Bertz CT molecular complexity index is 611. The molecule has 0 aromatic heterocycles. The summed E-state index contributed by atoms with van der Waals surface area (Å²) >= 11 is 1.39. The Labute approximate surface area is 139 Å². The number of nitrogens with one attached hydrogen (secondary N) is 2. The lowest BCUT2D eigenvalue weighted by Crippen LogP contribution is -2.38. The highest BCUT2D eigenvalue weighted by molar-refractivity contribution is 8.00. The number of amides is 2. The molecule has 1 saturated carbocycles. The predicted molar refractivity (Wildman–Crippen MR) is 88.4 cm³/mol. The highest BCUT2D eigenvalue weighted by atomic mass is 32.2. The third kappa shape index (κ3) is 4.72. The first-order chi connectivity index (χ1) is 10.8. The quantitative estimate of drug-likeness (QED) is 0.663. The summed E-state index contributed by atoms with van der Waals surface area (Å²) in [7, 11) is 0. The number of carboxylic acid groups (broad SMARTS) is 1. The third-order valence-corrected chi connectivity index (χ3v) is 4.88. The van der Waals surface area contributed by atoms with Gasteiger partial charge in [0.25, 0.3) is 0 Å². The van der Waals surface area contributed by atoms with Gasteiger partial charge in [0.15, 0.2) is 0 Å². The molecule has 0 aliphatic heterocycles. The van der Waals surface area contributed by atoms with E-state index >= 15 is 0 Å². The molecule has 0 spiro atoms. The molecule has 1 aliphatic carbocycles. The van der Waals surface area contributed by atoms with Crippen LogP contribution in [0.15, 0.2) is 29.2 Å². The van der Waals surface area contributed by atoms with Crippen LogP contribution < -0.4 is 10.6 Å². The summed E-state index contributed by atoms with van der Waals surface area (Å²) in [5, 5.41) is 14.2. The number of carbonyl (C=O) groups is 3. The van der Waals surface area contributed by atoms with Crippen LogP contribution in [0.3, 0.4) is 0 Å². The minimum absolute atomic E-state index is 0.134. The molecule has 1 aliphatic rings. The standard InChI is InChI=1S/C16H20N2O4S/c1-10(14(20)17-9-16(7-8-16)15(21)22)23-13-5-3-12(4-6-13)18-11(2)19/h3-6,10H,7-9H2,1-2H3,(H,17,20)(H,18,19)(H,21,22). The van der Waals surface area contributed by atoms with Crippen LogP contribution in [-0.4, -0.2) is 34.7 Å². The molecule has 1 aromatic carbocycles. The van der Waals surface area contributed by atoms with Gasteiger partial charge in [-0.25, -0.2) is 0 Å². The molecular weight excluding hydrogens is 316 g/mol. The van der Waals surface area contributed by atoms with Crippen molar-refractivity contribution < 1.29 is 19.5 Å². The van der Waals surface area contributed by atoms with Gasteiger partial charge in [-0.15, -0.1) is 11.8 Å². The van der Waals surface area contributed by atoms with E-state index in [1.165, 1.54) is 18.7 Å². The second-order valence-electron chi connectivity index (χ2n) is 5.77. The summed E-state index contributed by atoms with van der Waals surface area (Å²) in [6, 6.07) is 7.22. The first-order valence-electron chi connectivity index (χ1n) is 7.38. The molecule has 1 aromatic rings. The molecule has 124 valence electrons. The number of aliphatic carboxylic acids is 1. The molecule has 3 N–H and O–H groups in total. The van der Waals surface area contributed by atoms with E-state index in [9.17, 15) is 14.4 Å². The van der Waals surface area contributed by atoms with Crippen molar-refractivity contribution in [2.24, 2.45) is 5.41 Å². The zero-order valence-electron chi connectivity index (χ0n) is 13.1. The number of carboxylic acids is 1. The lowest BCUT2D eigenvalue weighted by atomic mass is 10.1. The average Bonchev–Trinajstić information content (AvgIpc) is 3.27. The lowest BCUT2D eigenvalue weighted by Gasteiger charge is -2.15. The molecule has 1 unspecified atom stereocenters. The van der Waals surface area contributed by atoms with Gasteiger partial charge in [0, 0.05) is 24.1 Å². The van der Waals surface area contributed by atoms with Crippen LogP contribution in [0, 0.1) is 5.41 Å². The molecule has 0 saturated heterocycles. The lowest BCUT2D eigenvalue weighted by molar-refractivity contribution is -0.143. The second kappa shape index (κ2) is 7.04. The first kappa shape index (κ1) is 17.3. The van der Waals surface area contributed by atoms with E-state index in [0.717, 1.165) is 4.90 Å². The van der Waals surface area contributed by atoms with Crippen LogP contribution in [-0.2, 0) is 14.4 Å². The molecule has 7 heteroatoms. The van der Waals surface area contributed by atoms with Crippen molar-refractivity contribution in [3.05, 3.63) is 24.3 Å². The summed E-state index contributed by atoms with van der Waals surface area (Å²) in [6.45, 7) is 3.41. The molecule has 2 amide bonds. The summed E-state index contributed by atoms with van der Waals surface area (Å²) in [5.41, 5.74) is -0.0452. The molecule has 0 radical (unpaired) electrons. The molecule has 2 rings (SSSR count). The monoisotopic (exact) mass is 336 g/mol. The minimum atomic E-state index is -0.841. The maximum Gasteiger partial charge on any atom is 0.311 e. The fraction of sp³-hybridized carbons (Fsp3) is 0.438. The number of rotatable bonds is 7. The summed E-state index contributed by atoms with van der Waals surface area (Å²) in [4.78, 5) is 35.0. The molecule has 1 atom stereocenters. The average molecular weight is 336 g/mol. The summed E-state index contributed by atoms with van der Waals surface area (Å²) < 4.78 is 0. The molecule has 6 nitrogen and oxygen atoms in total. The molecule has 23 heavy (non-hydrogen) atoms. The van der Waals surface area contributed by atoms with E-state index in [0.29, 0.717) is 18.5 Å². The van der Waals surface area contributed by atoms with Gasteiger partial charge < -0.3 is 15.7 Å². The van der Waals surface area contributed by atoms with E-state index in [1.54, 1.807) is 19.1 Å². The van der Waals surface area contributed by atoms with Crippen molar-refractivity contribution in [3.63, 3.8) is 0 Å². The van der Waals surface area contributed by atoms with Gasteiger partial charge in [-0.2, -0.15) is 0 Å². The van der Waals surface area contributed by atoms with Crippen LogP contribution >= 0.6 is 11.8 Å². The third-order valence-electron chi connectivity index (χ3n) is 3.77. The van der Waals surface area contributed by atoms with Crippen LogP contribution in [0.4, 0.5) is 5.69 Å². The van der Waals surface area contributed by atoms with Gasteiger partial charge in [-0.05, 0) is 44.0 Å². The van der Waals surface area contributed by atoms with Gasteiger partial charge in [0.1, 0.15) is 0 Å². The number of carbonyl (C=O) groups excluding carboxylic acids is 2. The molecule has 0 bridgehead atoms. The zero-order chi connectivity index (χ0) is 17.0. The van der Waals surface area contributed by atoms with Crippen molar-refractivity contribution in [3.8, 4) is 0 Å². The number of hydrogen-bond acceptors (Lipinski definition) is 4. The molecular formula is C16H20N2O4S. The summed E-state index contributed by atoms with van der Waals surface area (Å²) in [5.74, 6) is -1.15. The fourth-order valence-corrected chi connectivity index (χ4v) is 2.99. The molecule has 1 fully saturated rings. The van der Waals surface area contributed by atoms with Crippen LogP contribution in [0.2, 0.25) is 0 Å². The van der Waals surface area contributed by atoms with E-state index < -0.39 is 11.4 Å². The second-order valence-corrected chi connectivity index (χ2v) is 7.18. The van der Waals surface area contributed by atoms with Crippen LogP contribution in [0.1, 0.15) is 26.7 Å². The van der Waals surface area contributed by atoms with E-state index in [1.807, 2.05) is 12.1 Å². The Hall–Kier alpha value is -2.02. The van der Waals surface area contributed by atoms with Crippen molar-refractivity contribution in [1.82, 2.24) is 5.32 Å². The topological polar surface area (TPSA) is 95.5 Å². The SMILES string of the molecule is CC(=O)Nc1ccc(SC(C)C(=O)NCC2(C(=O)O)CC2)cc1. The fourth-order valence-electron chi connectivity index (χ4n) is 2.09. The Kier molecular flexibility index (Phi) is 5.30. The number of thioether (sulfide) groups is 1. The molecule has 0 heterocycles. The Morgan fingerprint density at radius 2 is 1.87 bits per heavy atom. The zero-order valence-corrected chi connectivity index (χ0v) is 13.9. The van der Waals surface area contributed by atoms with E-state index in [2.05, 4.69) is 10.6 Å². The maximum atomic E-state index is 12.1. The highest BCUT2D eigenvalue weighted by Gasteiger charge is 2.50. The van der Waals surface area contributed by atoms with E-state index in [4.69, 9.17) is 5.11 Å². The largest absolute Gasteiger partial charge is 0.481 e. The Morgan fingerprint density at radius 1 is 1.26 bits per heavy atom. The van der Waals surface area contributed by atoms with Crippen LogP contribution in [0.25, 0.3) is 0 Å². The minimum Gasteiger partial charge on any atom is -0.481 e. The van der Waals surface area contributed by atoms with Crippen molar-refractivity contribution in [2.75, 3.05) is 11.9 Å². The van der Waals surface area contributed by atoms with Crippen molar-refractivity contribution in [1.29, 1.82) is 0 Å². The highest BCUT2D eigenvalue weighted by Crippen LogP contribution is 2.45. The van der Waals surface area contributed by atoms with Gasteiger partial charge in [0.05, 0.1) is 10.7 Å². The van der Waals surface area contributed by atoms with E-state index in [-0.39, 0.29) is 23.6 Å². The van der Waals surface area contributed by atoms with Crippen LogP contribution in [0.5, 0.6) is 0 Å². The Balaban J connectivity index is 1.83. The number of anilines is 1. The Morgan fingerprint density at radius 3 is 2.35 bits per heavy atom. The maximum absolute atomic E-state index is 12.1. The van der Waals surface area contributed by atoms with Crippen molar-refractivity contribution >= 4 is 35.2 Å². The predicted octanol–water partition coefficient (Wildman–Crippen LogP) is 2.11. The number of hydrogen-bond donors (Lipinski definition) is 3. The van der Waals surface area contributed by atoms with Gasteiger partial charge >= 0.3 is 5.97 Å². The van der Waals surface area contributed by atoms with Gasteiger partial charge in [-0.3, -0.25) is 14.4 Å². The smallest absolute Gasteiger partial charge is 0.311 e. The van der Waals surface area contributed by atoms with Gasteiger partial charge in [0.2, 0.25) is 11.8 Å². The van der Waals surface area contributed by atoms with Crippen molar-refractivity contribution in [2.45, 2.75) is 36.8 Å². The summed E-state index contributed by atoms with van der Waals surface area (Å²) in [6.07, 6.45) is 1.24.